The predicted octanol–water partition coefficient (Wildman–Crippen LogP) is 3.84. The lowest BCUT2D eigenvalue weighted by Gasteiger charge is -2.23. The largest absolute Gasteiger partial charge is 0.338 e. The van der Waals surface area contributed by atoms with Crippen molar-refractivity contribution in [2.75, 3.05) is 5.32 Å². The SMILES string of the molecule is [C-]#[N+][C@H]1CC(=O)CC[C@@H]1n1nc(Nc2ccc(Cl)c(F)c2)c2c(=O)[nH]ccc21. The van der Waals surface area contributed by atoms with E-state index in [-0.39, 0.29) is 34.6 Å². The van der Waals surface area contributed by atoms with Crippen LogP contribution in [-0.2, 0) is 4.79 Å². The Labute approximate surface area is 163 Å². The van der Waals surface area contributed by atoms with Crippen LogP contribution in [0.15, 0.2) is 35.3 Å². The van der Waals surface area contributed by atoms with Gasteiger partial charge in [-0.05, 0) is 30.7 Å². The van der Waals surface area contributed by atoms with Crippen molar-refractivity contribution in [3.63, 3.8) is 0 Å². The number of aromatic amines is 1. The summed E-state index contributed by atoms with van der Waals surface area (Å²) in [6, 6.07) is 5.04. The van der Waals surface area contributed by atoms with Crippen LogP contribution in [0.25, 0.3) is 15.7 Å². The molecule has 142 valence electrons. The summed E-state index contributed by atoms with van der Waals surface area (Å²) in [7, 11) is 0. The van der Waals surface area contributed by atoms with Crippen molar-refractivity contribution >= 4 is 39.8 Å². The molecule has 0 bridgehead atoms. The van der Waals surface area contributed by atoms with Crippen LogP contribution in [0.3, 0.4) is 0 Å². The van der Waals surface area contributed by atoms with Crippen molar-refractivity contribution in [1.82, 2.24) is 14.8 Å². The maximum Gasteiger partial charge on any atom is 0.261 e. The lowest BCUT2D eigenvalue weighted by molar-refractivity contribution is -0.121. The Hall–Kier alpha value is -3.18. The molecule has 3 aromatic rings. The number of ketones is 1. The third-order valence-corrected chi connectivity index (χ3v) is 5.20. The number of nitrogens with zero attached hydrogens (tertiary/aromatic N) is 3. The van der Waals surface area contributed by atoms with Crippen molar-refractivity contribution in [2.24, 2.45) is 0 Å². The van der Waals surface area contributed by atoms with Crippen LogP contribution in [0.1, 0.15) is 25.3 Å². The number of Topliss-reactive ketones (excluding diaryl/α,β-unsaturated/α-hetero) is 1. The second kappa shape index (κ2) is 7.09. The van der Waals surface area contributed by atoms with Crippen molar-refractivity contribution in [3.8, 4) is 0 Å². The van der Waals surface area contributed by atoms with Gasteiger partial charge in [-0.3, -0.25) is 14.3 Å². The summed E-state index contributed by atoms with van der Waals surface area (Å²) in [6.45, 7) is 7.44. The number of rotatable bonds is 3. The molecule has 7 nitrogen and oxygen atoms in total. The van der Waals surface area contributed by atoms with Crippen LogP contribution in [0.4, 0.5) is 15.9 Å². The Morgan fingerprint density at radius 2 is 2.18 bits per heavy atom. The van der Waals surface area contributed by atoms with E-state index >= 15 is 0 Å². The van der Waals surface area contributed by atoms with E-state index in [1.165, 1.54) is 18.3 Å². The number of aromatic nitrogens is 3. The molecule has 0 unspecified atom stereocenters. The quantitative estimate of drug-likeness (QED) is 0.655. The Morgan fingerprint density at radius 3 is 2.93 bits per heavy atom. The minimum absolute atomic E-state index is 0.00874. The Bertz CT molecular complexity index is 1180. The molecule has 0 aliphatic heterocycles. The van der Waals surface area contributed by atoms with E-state index in [1.54, 1.807) is 16.8 Å². The summed E-state index contributed by atoms with van der Waals surface area (Å²) in [5, 5.41) is 7.78. The fraction of sp³-hybridized carbons (Fsp3) is 0.263. The molecule has 28 heavy (non-hydrogen) atoms. The summed E-state index contributed by atoms with van der Waals surface area (Å²) in [6.07, 6.45) is 2.52. The molecule has 1 saturated carbocycles. The fourth-order valence-electron chi connectivity index (χ4n) is 3.54. The molecule has 1 aliphatic rings. The van der Waals surface area contributed by atoms with Crippen LogP contribution in [-0.4, -0.2) is 26.6 Å². The first-order valence-electron chi connectivity index (χ1n) is 8.68. The van der Waals surface area contributed by atoms with Gasteiger partial charge in [-0.25, -0.2) is 11.0 Å². The van der Waals surface area contributed by atoms with E-state index in [2.05, 4.69) is 20.2 Å². The van der Waals surface area contributed by atoms with Gasteiger partial charge >= 0.3 is 0 Å². The first kappa shape index (κ1) is 18.2. The highest BCUT2D eigenvalue weighted by molar-refractivity contribution is 6.30. The first-order valence-corrected chi connectivity index (χ1v) is 9.06. The minimum atomic E-state index is -0.594. The van der Waals surface area contributed by atoms with E-state index < -0.39 is 11.9 Å². The van der Waals surface area contributed by atoms with Gasteiger partial charge in [0, 0.05) is 18.3 Å². The molecule has 4 rings (SSSR count). The van der Waals surface area contributed by atoms with Gasteiger partial charge in [0.1, 0.15) is 23.0 Å². The number of carbonyl (C=O) groups excluding carboxylic acids is 1. The van der Waals surface area contributed by atoms with Gasteiger partial charge in [-0.1, -0.05) is 11.6 Å². The molecule has 1 aliphatic carbocycles. The first-order chi connectivity index (χ1) is 13.5. The monoisotopic (exact) mass is 399 g/mol. The summed E-state index contributed by atoms with van der Waals surface area (Å²) in [5.41, 5.74) is 0.581. The highest BCUT2D eigenvalue weighted by Crippen LogP contribution is 2.34. The van der Waals surface area contributed by atoms with Crippen molar-refractivity contribution < 1.29 is 9.18 Å². The smallest absolute Gasteiger partial charge is 0.261 e. The number of anilines is 2. The van der Waals surface area contributed by atoms with Crippen molar-refractivity contribution in [3.05, 3.63) is 63.1 Å². The van der Waals surface area contributed by atoms with Gasteiger partial charge in [0.05, 0.1) is 17.0 Å². The Balaban J connectivity index is 1.82. The molecular weight excluding hydrogens is 385 g/mol. The summed E-state index contributed by atoms with van der Waals surface area (Å²) in [5.74, 6) is -0.288. The zero-order valence-corrected chi connectivity index (χ0v) is 15.3. The average molecular weight is 400 g/mol. The van der Waals surface area contributed by atoms with Gasteiger partial charge < -0.3 is 15.1 Å². The predicted molar refractivity (Wildman–Crippen MR) is 103 cm³/mol. The topological polar surface area (TPSA) is 84.1 Å². The zero-order valence-electron chi connectivity index (χ0n) is 14.6. The third-order valence-electron chi connectivity index (χ3n) is 4.89. The number of pyridine rings is 1. The highest BCUT2D eigenvalue weighted by Gasteiger charge is 2.37. The lowest BCUT2D eigenvalue weighted by atomic mass is 9.90. The molecule has 1 aromatic carbocycles. The molecule has 0 amide bonds. The number of carbonyl (C=O) groups is 1. The van der Waals surface area contributed by atoms with Crippen LogP contribution in [0, 0.1) is 12.4 Å². The molecule has 9 heteroatoms. The fourth-order valence-corrected chi connectivity index (χ4v) is 3.66. The van der Waals surface area contributed by atoms with E-state index in [0.29, 0.717) is 29.4 Å². The third kappa shape index (κ3) is 3.14. The van der Waals surface area contributed by atoms with Gasteiger partial charge in [0.25, 0.3) is 11.6 Å². The zero-order chi connectivity index (χ0) is 19.8. The highest BCUT2D eigenvalue weighted by atomic mass is 35.5. The molecule has 2 N–H and O–H groups in total. The molecule has 2 atom stereocenters. The van der Waals surface area contributed by atoms with Gasteiger partial charge in [-0.15, -0.1) is 0 Å². The van der Waals surface area contributed by atoms with Crippen LogP contribution in [0.2, 0.25) is 5.02 Å². The summed E-state index contributed by atoms with van der Waals surface area (Å²) in [4.78, 5) is 30.4. The number of benzene rings is 1. The van der Waals surface area contributed by atoms with Gasteiger partial charge in [0.2, 0.25) is 0 Å². The molecule has 1 fully saturated rings. The summed E-state index contributed by atoms with van der Waals surface area (Å²) >= 11 is 5.72. The average Bonchev–Trinajstić information content (AvgIpc) is 3.04. The number of nitrogens with one attached hydrogen (secondary N) is 2. The maximum atomic E-state index is 13.8. The Morgan fingerprint density at radius 1 is 1.36 bits per heavy atom. The Kier molecular flexibility index (Phi) is 4.61. The lowest BCUT2D eigenvalue weighted by Crippen LogP contribution is -2.30. The number of fused-ring (bicyclic) bond motifs is 1. The van der Waals surface area contributed by atoms with E-state index in [1.807, 2.05) is 0 Å². The molecule has 0 saturated heterocycles. The van der Waals surface area contributed by atoms with Crippen LogP contribution in [0.5, 0.6) is 0 Å². The van der Waals surface area contributed by atoms with E-state index in [9.17, 15) is 14.0 Å². The molecule has 2 heterocycles. The summed E-state index contributed by atoms with van der Waals surface area (Å²) < 4.78 is 15.4. The number of halogens is 2. The number of hydrogen-bond acceptors (Lipinski definition) is 4. The van der Waals surface area contributed by atoms with Gasteiger partial charge in [0.15, 0.2) is 5.82 Å². The van der Waals surface area contributed by atoms with Crippen molar-refractivity contribution in [2.45, 2.75) is 31.3 Å². The molecule has 0 radical (unpaired) electrons. The van der Waals surface area contributed by atoms with Crippen LogP contribution < -0.4 is 10.9 Å². The van der Waals surface area contributed by atoms with E-state index in [0.717, 1.165) is 0 Å². The molecule has 0 spiro atoms. The van der Waals surface area contributed by atoms with Crippen molar-refractivity contribution in [1.29, 1.82) is 0 Å². The standard InChI is InChI=1S/C19H15ClFN5O2/c1-22-14-9-11(27)3-5-15(14)26-16-6-7-23-19(28)17(16)18(25-26)24-10-2-4-12(20)13(21)8-10/h2,4,6-8,14-15H,3,5,9H2,(H,23,28)(H,24,25)/t14-,15-/m0/s1. The maximum absolute atomic E-state index is 13.8. The molecular formula is C19H15ClFN5O2. The minimum Gasteiger partial charge on any atom is -0.338 e. The second-order valence-corrected chi connectivity index (χ2v) is 7.07. The second-order valence-electron chi connectivity index (χ2n) is 6.66. The molecule has 2 aromatic heterocycles. The van der Waals surface area contributed by atoms with Gasteiger partial charge in [-0.2, -0.15) is 5.10 Å². The number of H-pyrrole nitrogens is 1. The number of hydrogen-bond donors (Lipinski definition) is 2. The normalized spacial score (nSPS) is 19.5. The van der Waals surface area contributed by atoms with E-state index in [4.69, 9.17) is 18.2 Å². The van der Waals surface area contributed by atoms with Crippen LogP contribution >= 0.6 is 11.6 Å².